The molecule has 0 radical (unpaired) electrons. The fourth-order valence-electron chi connectivity index (χ4n) is 1.49. The van der Waals surface area contributed by atoms with Crippen molar-refractivity contribution in [1.29, 1.82) is 0 Å². The van der Waals surface area contributed by atoms with Gasteiger partial charge in [-0.25, -0.2) is 17.6 Å². The van der Waals surface area contributed by atoms with Crippen LogP contribution in [0.25, 0.3) is 0 Å². The van der Waals surface area contributed by atoms with Crippen molar-refractivity contribution in [1.82, 2.24) is 4.90 Å². The summed E-state index contributed by atoms with van der Waals surface area (Å²) in [5, 5.41) is 0. The monoisotopic (exact) mass is 263 g/mol. The summed E-state index contributed by atoms with van der Waals surface area (Å²) < 4.78 is 50.4. The fraction of sp³-hybridized carbons (Fsp3) is 0.417. The van der Waals surface area contributed by atoms with Crippen LogP contribution in [-0.2, 0) is 0 Å². The first-order valence-electron chi connectivity index (χ1n) is 5.30. The van der Waals surface area contributed by atoms with Gasteiger partial charge in [-0.15, -0.1) is 0 Å². The third-order valence-electron chi connectivity index (χ3n) is 2.66. The first kappa shape index (κ1) is 14.6. The molecule has 6 heteroatoms. The first-order valence-corrected chi connectivity index (χ1v) is 5.30. The molecule has 0 saturated heterocycles. The number of nitrogens with zero attached hydrogens (tertiary/aromatic N) is 1. The molecular weight excluding hydrogens is 250 g/mol. The number of Topliss-reactive ketones (excluding diaryl/α,β-unsaturated/α-hetero) is 1. The molecule has 1 rings (SSSR count). The number of hydrogen-bond donors (Lipinski definition) is 0. The Hall–Kier alpha value is -1.43. The van der Waals surface area contributed by atoms with Crippen LogP contribution in [0.5, 0.6) is 0 Å². The molecule has 1 aromatic rings. The Labute approximate surface area is 102 Å². The molecule has 100 valence electrons. The summed E-state index contributed by atoms with van der Waals surface area (Å²) >= 11 is 0. The predicted molar refractivity (Wildman–Crippen MR) is 58.8 cm³/mol. The summed E-state index contributed by atoms with van der Waals surface area (Å²) in [6.45, 7) is 0.809. The molecule has 0 bridgehead atoms. The van der Waals surface area contributed by atoms with Crippen molar-refractivity contribution in [2.45, 2.75) is 19.4 Å². The second-order valence-corrected chi connectivity index (χ2v) is 4.00. The van der Waals surface area contributed by atoms with Crippen LogP contribution < -0.4 is 0 Å². The SMILES string of the molecule is CC(C(=O)c1ccc(F)cc1F)N(C)CC(F)F. The molecule has 18 heavy (non-hydrogen) atoms. The number of benzene rings is 1. The first-order chi connectivity index (χ1) is 8.32. The van der Waals surface area contributed by atoms with Gasteiger partial charge in [-0.05, 0) is 26.1 Å². The van der Waals surface area contributed by atoms with E-state index >= 15 is 0 Å². The van der Waals surface area contributed by atoms with E-state index in [0.717, 1.165) is 17.0 Å². The van der Waals surface area contributed by atoms with Crippen molar-refractivity contribution in [3.05, 3.63) is 35.4 Å². The lowest BCUT2D eigenvalue weighted by molar-refractivity contribution is 0.0677. The average Bonchev–Trinajstić information content (AvgIpc) is 2.26. The van der Waals surface area contributed by atoms with E-state index in [2.05, 4.69) is 0 Å². The van der Waals surface area contributed by atoms with Crippen LogP contribution in [0.2, 0.25) is 0 Å². The van der Waals surface area contributed by atoms with E-state index in [4.69, 9.17) is 0 Å². The van der Waals surface area contributed by atoms with Crippen molar-refractivity contribution >= 4 is 5.78 Å². The summed E-state index contributed by atoms with van der Waals surface area (Å²) in [6.07, 6.45) is -2.58. The van der Waals surface area contributed by atoms with Crippen molar-refractivity contribution in [2.24, 2.45) is 0 Å². The molecule has 1 atom stereocenters. The molecule has 0 aromatic heterocycles. The Morgan fingerprint density at radius 3 is 2.44 bits per heavy atom. The lowest BCUT2D eigenvalue weighted by atomic mass is 10.0. The Balaban J connectivity index is 2.86. The summed E-state index contributed by atoms with van der Waals surface area (Å²) in [7, 11) is 1.34. The van der Waals surface area contributed by atoms with Gasteiger partial charge in [0.1, 0.15) is 11.6 Å². The van der Waals surface area contributed by atoms with Crippen LogP contribution in [0, 0.1) is 11.6 Å². The van der Waals surface area contributed by atoms with Gasteiger partial charge in [0.15, 0.2) is 5.78 Å². The van der Waals surface area contributed by atoms with E-state index in [1.165, 1.54) is 14.0 Å². The highest BCUT2D eigenvalue weighted by molar-refractivity contribution is 6.00. The summed E-state index contributed by atoms with van der Waals surface area (Å²) in [4.78, 5) is 13.0. The summed E-state index contributed by atoms with van der Waals surface area (Å²) in [6, 6.07) is 1.65. The molecule has 1 aromatic carbocycles. The maximum Gasteiger partial charge on any atom is 0.251 e. The van der Waals surface area contributed by atoms with Gasteiger partial charge in [0, 0.05) is 6.07 Å². The fourth-order valence-corrected chi connectivity index (χ4v) is 1.49. The lowest BCUT2D eigenvalue weighted by Gasteiger charge is -2.23. The van der Waals surface area contributed by atoms with E-state index in [9.17, 15) is 22.4 Å². The third kappa shape index (κ3) is 3.53. The molecule has 0 aliphatic heterocycles. The number of carbonyl (C=O) groups is 1. The summed E-state index contributed by atoms with van der Waals surface area (Å²) in [5.41, 5.74) is -0.301. The topological polar surface area (TPSA) is 20.3 Å². The Kier molecular flexibility index (Phi) is 4.84. The maximum absolute atomic E-state index is 13.4. The molecule has 0 aliphatic carbocycles. The quantitative estimate of drug-likeness (QED) is 0.601. The number of likely N-dealkylation sites (N-methyl/N-ethyl adjacent to an activating group) is 1. The van der Waals surface area contributed by atoms with Gasteiger partial charge in [0.05, 0.1) is 18.2 Å². The van der Waals surface area contributed by atoms with Gasteiger partial charge < -0.3 is 0 Å². The van der Waals surface area contributed by atoms with Crippen LogP contribution in [0.1, 0.15) is 17.3 Å². The highest BCUT2D eigenvalue weighted by Gasteiger charge is 2.24. The predicted octanol–water partition coefficient (Wildman–Crippen LogP) is 2.73. The number of carbonyl (C=O) groups excluding carboxylic acids is 1. The number of hydrogen-bond acceptors (Lipinski definition) is 2. The lowest BCUT2D eigenvalue weighted by Crippen LogP contribution is -2.39. The minimum absolute atomic E-state index is 0.301. The highest BCUT2D eigenvalue weighted by Crippen LogP contribution is 2.14. The molecule has 0 spiro atoms. The Bertz CT molecular complexity index is 436. The molecule has 1 unspecified atom stereocenters. The van der Waals surface area contributed by atoms with Gasteiger partial charge in [-0.2, -0.15) is 0 Å². The standard InChI is InChI=1S/C12H13F4NO/c1-7(17(2)6-11(15)16)12(18)9-4-3-8(13)5-10(9)14/h3-5,7,11H,6H2,1-2H3. The maximum atomic E-state index is 13.4. The molecular formula is C12H13F4NO. The van der Waals surface area contributed by atoms with Crippen LogP contribution in [0.15, 0.2) is 18.2 Å². The molecule has 0 saturated carbocycles. The van der Waals surface area contributed by atoms with E-state index < -0.39 is 36.4 Å². The molecule has 0 fully saturated rings. The van der Waals surface area contributed by atoms with E-state index in [-0.39, 0.29) is 5.56 Å². The second-order valence-electron chi connectivity index (χ2n) is 4.00. The van der Waals surface area contributed by atoms with E-state index in [0.29, 0.717) is 6.07 Å². The van der Waals surface area contributed by atoms with Crippen molar-refractivity contribution in [3.8, 4) is 0 Å². The van der Waals surface area contributed by atoms with Gasteiger partial charge in [0.2, 0.25) is 0 Å². The molecule has 0 heterocycles. The van der Waals surface area contributed by atoms with Crippen molar-refractivity contribution in [2.75, 3.05) is 13.6 Å². The van der Waals surface area contributed by atoms with E-state index in [1.807, 2.05) is 0 Å². The number of rotatable bonds is 5. The van der Waals surface area contributed by atoms with Gasteiger partial charge in [-0.1, -0.05) is 0 Å². The minimum atomic E-state index is -2.58. The zero-order valence-corrected chi connectivity index (χ0v) is 9.96. The summed E-state index contributed by atoms with van der Waals surface area (Å²) in [5.74, 6) is -2.44. The average molecular weight is 263 g/mol. The number of halogens is 4. The zero-order chi connectivity index (χ0) is 13.9. The second kappa shape index (κ2) is 5.95. The third-order valence-corrected chi connectivity index (χ3v) is 2.66. The zero-order valence-electron chi connectivity index (χ0n) is 9.96. The van der Waals surface area contributed by atoms with E-state index in [1.54, 1.807) is 0 Å². The molecule has 0 aliphatic rings. The molecule has 2 nitrogen and oxygen atoms in total. The van der Waals surface area contributed by atoms with Gasteiger partial charge in [0.25, 0.3) is 6.43 Å². The highest BCUT2D eigenvalue weighted by atomic mass is 19.3. The molecule has 0 amide bonds. The van der Waals surface area contributed by atoms with Crippen molar-refractivity contribution in [3.63, 3.8) is 0 Å². The van der Waals surface area contributed by atoms with Gasteiger partial charge in [-0.3, -0.25) is 9.69 Å². The number of alkyl halides is 2. The van der Waals surface area contributed by atoms with Crippen LogP contribution in [0.3, 0.4) is 0 Å². The Morgan fingerprint density at radius 1 is 1.33 bits per heavy atom. The Morgan fingerprint density at radius 2 is 1.94 bits per heavy atom. The van der Waals surface area contributed by atoms with Crippen LogP contribution >= 0.6 is 0 Å². The van der Waals surface area contributed by atoms with Crippen LogP contribution in [0.4, 0.5) is 17.6 Å². The van der Waals surface area contributed by atoms with Crippen molar-refractivity contribution < 1.29 is 22.4 Å². The van der Waals surface area contributed by atoms with Gasteiger partial charge >= 0.3 is 0 Å². The van der Waals surface area contributed by atoms with Crippen LogP contribution in [-0.4, -0.2) is 36.7 Å². The smallest absolute Gasteiger partial charge is 0.251 e. The minimum Gasteiger partial charge on any atom is -0.292 e. The molecule has 0 N–H and O–H groups in total. The largest absolute Gasteiger partial charge is 0.292 e. The number of ketones is 1. The normalized spacial score (nSPS) is 13.1.